The summed E-state index contributed by atoms with van der Waals surface area (Å²) < 4.78 is 5.52. The number of hydrogen-bond donors (Lipinski definition) is 2. The van der Waals surface area contributed by atoms with Gasteiger partial charge in [-0.25, -0.2) is 0 Å². The van der Waals surface area contributed by atoms with Gasteiger partial charge in [0.15, 0.2) is 5.88 Å². The lowest BCUT2D eigenvalue weighted by Gasteiger charge is -2.05. The molecule has 0 saturated carbocycles. The molecule has 0 spiro atoms. The Labute approximate surface area is 147 Å². The van der Waals surface area contributed by atoms with Crippen molar-refractivity contribution in [2.75, 3.05) is 5.73 Å². The SMILES string of the molecule is CCCCC(=CC/C=C\C=C(/N)Oc1ccc(N)cc1)CCCC. The van der Waals surface area contributed by atoms with E-state index in [9.17, 15) is 0 Å². The summed E-state index contributed by atoms with van der Waals surface area (Å²) in [5.41, 5.74) is 13.8. The van der Waals surface area contributed by atoms with E-state index in [0.29, 0.717) is 17.3 Å². The van der Waals surface area contributed by atoms with E-state index in [1.165, 1.54) is 38.5 Å². The molecule has 0 atom stereocenters. The second-order valence-corrected chi connectivity index (χ2v) is 5.97. The van der Waals surface area contributed by atoms with E-state index in [4.69, 9.17) is 16.2 Å². The fourth-order valence-corrected chi connectivity index (χ4v) is 2.32. The first-order valence-corrected chi connectivity index (χ1v) is 8.99. The number of anilines is 1. The molecule has 24 heavy (non-hydrogen) atoms. The molecule has 3 heteroatoms. The first-order valence-electron chi connectivity index (χ1n) is 8.99. The third-order valence-electron chi connectivity index (χ3n) is 3.76. The number of allylic oxidation sites excluding steroid dienone is 5. The molecule has 3 nitrogen and oxygen atoms in total. The van der Waals surface area contributed by atoms with E-state index in [1.54, 1.807) is 35.9 Å². The number of nitrogen functional groups attached to an aromatic ring is 1. The molecule has 0 radical (unpaired) electrons. The zero-order chi connectivity index (χ0) is 17.6. The van der Waals surface area contributed by atoms with Gasteiger partial charge in [0, 0.05) is 5.69 Å². The summed E-state index contributed by atoms with van der Waals surface area (Å²) in [7, 11) is 0. The molecule has 0 heterocycles. The third-order valence-corrected chi connectivity index (χ3v) is 3.76. The third kappa shape index (κ3) is 9.09. The molecular weight excluding hydrogens is 296 g/mol. The van der Waals surface area contributed by atoms with Crippen LogP contribution in [0.5, 0.6) is 5.75 Å². The van der Waals surface area contributed by atoms with Gasteiger partial charge in [0.2, 0.25) is 0 Å². The molecule has 0 aromatic heterocycles. The average Bonchev–Trinajstić information content (AvgIpc) is 2.58. The van der Waals surface area contributed by atoms with Crippen molar-refractivity contribution < 1.29 is 4.74 Å². The average molecular weight is 329 g/mol. The van der Waals surface area contributed by atoms with Crippen molar-refractivity contribution in [3.05, 3.63) is 60.0 Å². The summed E-state index contributed by atoms with van der Waals surface area (Å²) in [5.74, 6) is 1.06. The quantitative estimate of drug-likeness (QED) is 0.237. The molecule has 0 aliphatic heterocycles. The molecule has 0 aliphatic rings. The van der Waals surface area contributed by atoms with E-state index in [1.807, 2.05) is 6.08 Å². The smallest absolute Gasteiger partial charge is 0.190 e. The zero-order valence-corrected chi connectivity index (χ0v) is 15.1. The topological polar surface area (TPSA) is 61.3 Å². The first-order chi connectivity index (χ1) is 11.7. The molecule has 1 aromatic carbocycles. The highest BCUT2D eigenvalue weighted by atomic mass is 16.5. The highest BCUT2D eigenvalue weighted by Gasteiger charge is 1.96. The number of unbranched alkanes of at least 4 members (excludes halogenated alkanes) is 2. The molecule has 4 N–H and O–H groups in total. The van der Waals surface area contributed by atoms with Crippen LogP contribution in [0.2, 0.25) is 0 Å². The molecule has 132 valence electrons. The standard InChI is InChI=1S/C21H32N2O/c1-3-5-10-18(11-6-4-2)12-8-7-9-13-21(23)24-20-16-14-19(22)15-17-20/h7,9,12-17H,3-6,8,10-11,22-23H2,1-2H3/b9-7-,21-13+. The molecule has 0 bridgehead atoms. The van der Waals surface area contributed by atoms with Gasteiger partial charge in [-0.1, -0.05) is 50.5 Å². The highest BCUT2D eigenvalue weighted by molar-refractivity contribution is 5.42. The Balaban J connectivity index is 2.45. The van der Waals surface area contributed by atoms with Crippen molar-refractivity contribution in [3.8, 4) is 5.75 Å². The Bertz CT molecular complexity index is 531. The van der Waals surface area contributed by atoms with Crippen LogP contribution < -0.4 is 16.2 Å². The summed E-state index contributed by atoms with van der Waals surface area (Å²) in [4.78, 5) is 0. The number of nitrogens with two attached hydrogens (primary N) is 2. The summed E-state index contributed by atoms with van der Waals surface area (Å²) >= 11 is 0. The summed E-state index contributed by atoms with van der Waals surface area (Å²) in [6.45, 7) is 4.48. The molecule has 0 aliphatic carbocycles. The van der Waals surface area contributed by atoms with Crippen LogP contribution in [0, 0.1) is 0 Å². The van der Waals surface area contributed by atoms with Crippen LogP contribution in [0.25, 0.3) is 0 Å². The minimum absolute atomic E-state index is 0.372. The van der Waals surface area contributed by atoms with Crippen LogP contribution in [0.4, 0.5) is 5.69 Å². The van der Waals surface area contributed by atoms with Crippen LogP contribution in [0.3, 0.4) is 0 Å². The van der Waals surface area contributed by atoms with Gasteiger partial charge in [0.1, 0.15) is 5.75 Å². The van der Waals surface area contributed by atoms with Gasteiger partial charge in [-0.2, -0.15) is 0 Å². The Hall–Kier alpha value is -2.16. The molecule has 0 amide bonds. The van der Waals surface area contributed by atoms with Crippen molar-refractivity contribution in [2.45, 2.75) is 58.8 Å². The van der Waals surface area contributed by atoms with Crippen LogP contribution in [-0.4, -0.2) is 0 Å². The van der Waals surface area contributed by atoms with Gasteiger partial charge in [-0.15, -0.1) is 0 Å². The van der Waals surface area contributed by atoms with Gasteiger partial charge < -0.3 is 16.2 Å². The maximum atomic E-state index is 5.86. The van der Waals surface area contributed by atoms with Gasteiger partial charge in [-0.05, 0) is 62.4 Å². The largest absolute Gasteiger partial charge is 0.442 e. The maximum absolute atomic E-state index is 5.86. The lowest BCUT2D eigenvalue weighted by Crippen LogP contribution is -2.05. The summed E-state index contributed by atoms with van der Waals surface area (Å²) in [6, 6.07) is 7.18. The van der Waals surface area contributed by atoms with Gasteiger partial charge in [0.05, 0.1) is 0 Å². The fraction of sp³-hybridized carbons (Fsp3) is 0.429. The predicted molar refractivity (Wildman–Crippen MR) is 105 cm³/mol. The van der Waals surface area contributed by atoms with E-state index >= 15 is 0 Å². The van der Waals surface area contributed by atoms with Gasteiger partial charge >= 0.3 is 0 Å². The minimum atomic E-state index is 0.372. The Morgan fingerprint density at radius 3 is 2.25 bits per heavy atom. The van der Waals surface area contributed by atoms with Crippen molar-refractivity contribution >= 4 is 5.69 Å². The summed E-state index contributed by atoms with van der Waals surface area (Å²) in [5, 5.41) is 0. The molecule has 0 saturated heterocycles. The van der Waals surface area contributed by atoms with Crippen molar-refractivity contribution in [1.82, 2.24) is 0 Å². The Morgan fingerprint density at radius 2 is 1.67 bits per heavy atom. The lowest BCUT2D eigenvalue weighted by atomic mass is 10.0. The summed E-state index contributed by atoms with van der Waals surface area (Å²) in [6.07, 6.45) is 16.6. The fourth-order valence-electron chi connectivity index (χ4n) is 2.32. The van der Waals surface area contributed by atoms with Crippen LogP contribution in [0.1, 0.15) is 58.8 Å². The Morgan fingerprint density at radius 1 is 1.04 bits per heavy atom. The first kappa shape index (κ1) is 19.9. The number of hydrogen-bond acceptors (Lipinski definition) is 3. The lowest BCUT2D eigenvalue weighted by molar-refractivity contribution is 0.420. The van der Waals surface area contributed by atoms with Crippen molar-refractivity contribution in [3.63, 3.8) is 0 Å². The second-order valence-electron chi connectivity index (χ2n) is 5.97. The highest BCUT2D eigenvalue weighted by Crippen LogP contribution is 2.16. The number of rotatable bonds is 11. The number of ether oxygens (including phenoxy) is 1. The van der Waals surface area contributed by atoms with E-state index in [2.05, 4.69) is 26.0 Å². The second kappa shape index (κ2) is 12.3. The molecule has 0 fully saturated rings. The van der Waals surface area contributed by atoms with E-state index in [-0.39, 0.29) is 0 Å². The normalized spacial score (nSPS) is 11.7. The maximum Gasteiger partial charge on any atom is 0.190 e. The van der Waals surface area contributed by atoms with Gasteiger partial charge in [-0.3, -0.25) is 0 Å². The van der Waals surface area contributed by atoms with Crippen molar-refractivity contribution in [2.24, 2.45) is 5.73 Å². The van der Waals surface area contributed by atoms with Crippen LogP contribution >= 0.6 is 0 Å². The van der Waals surface area contributed by atoms with Gasteiger partial charge in [0.25, 0.3) is 0 Å². The zero-order valence-electron chi connectivity index (χ0n) is 15.1. The van der Waals surface area contributed by atoms with Crippen LogP contribution in [0.15, 0.2) is 60.0 Å². The molecule has 1 rings (SSSR count). The van der Waals surface area contributed by atoms with E-state index in [0.717, 1.165) is 6.42 Å². The molecule has 0 unspecified atom stereocenters. The number of benzene rings is 1. The molecular formula is C21H32N2O. The van der Waals surface area contributed by atoms with Crippen molar-refractivity contribution in [1.29, 1.82) is 0 Å². The monoisotopic (exact) mass is 328 g/mol. The predicted octanol–water partition coefficient (Wildman–Crippen LogP) is 5.70. The van der Waals surface area contributed by atoms with E-state index < -0.39 is 0 Å². The van der Waals surface area contributed by atoms with Crippen LogP contribution in [-0.2, 0) is 0 Å². The molecule has 1 aromatic rings. The Kier molecular flexibility index (Phi) is 10.2. The minimum Gasteiger partial charge on any atom is -0.442 e.